The minimum Gasteiger partial charge on any atom is -0.338 e. The fraction of sp³-hybridized carbons (Fsp3) is 0.588. The van der Waals surface area contributed by atoms with Gasteiger partial charge < -0.3 is 5.32 Å². The molecular formula is C17H26N2O. The van der Waals surface area contributed by atoms with Crippen molar-refractivity contribution in [2.24, 2.45) is 5.92 Å². The second-order valence-corrected chi connectivity index (χ2v) is 5.60. The number of benzene rings is 1. The van der Waals surface area contributed by atoms with Crippen molar-refractivity contribution in [1.29, 1.82) is 0 Å². The molecule has 0 aliphatic heterocycles. The molecule has 20 heavy (non-hydrogen) atoms. The second kappa shape index (κ2) is 7.93. The summed E-state index contributed by atoms with van der Waals surface area (Å²) >= 11 is 0. The Morgan fingerprint density at radius 3 is 2.55 bits per heavy atom. The summed E-state index contributed by atoms with van der Waals surface area (Å²) in [6, 6.07) is 9.88. The lowest BCUT2D eigenvalue weighted by Gasteiger charge is -2.24. The van der Waals surface area contributed by atoms with Crippen molar-refractivity contribution < 1.29 is 4.79 Å². The van der Waals surface area contributed by atoms with Crippen LogP contribution < -0.4 is 10.2 Å². The van der Waals surface area contributed by atoms with Gasteiger partial charge in [-0.1, -0.05) is 50.3 Å². The molecular weight excluding hydrogens is 248 g/mol. The zero-order valence-electron chi connectivity index (χ0n) is 12.5. The first-order chi connectivity index (χ1) is 9.81. The summed E-state index contributed by atoms with van der Waals surface area (Å²) in [5.41, 5.74) is 0.963. The molecule has 3 nitrogen and oxygen atoms in total. The number of nitrogens with zero attached hydrogens (tertiary/aromatic N) is 1. The Morgan fingerprint density at radius 2 is 1.90 bits per heavy atom. The van der Waals surface area contributed by atoms with Gasteiger partial charge in [-0.2, -0.15) is 0 Å². The summed E-state index contributed by atoms with van der Waals surface area (Å²) in [6.45, 7) is 3.50. The van der Waals surface area contributed by atoms with Gasteiger partial charge in [-0.25, -0.2) is 4.79 Å². The first-order valence-electron chi connectivity index (χ1n) is 7.91. The Hall–Kier alpha value is -1.51. The molecule has 2 rings (SSSR count). The molecule has 3 heteroatoms. The average Bonchev–Trinajstić information content (AvgIpc) is 2.50. The lowest BCUT2D eigenvalue weighted by molar-refractivity contribution is 0.244. The minimum atomic E-state index is 0.0227. The summed E-state index contributed by atoms with van der Waals surface area (Å²) in [5.74, 6) is 0.816. The van der Waals surface area contributed by atoms with Crippen molar-refractivity contribution in [3.05, 3.63) is 30.3 Å². The van der Waals surface area contributed by atoms with Gasteiger partial charge >= 0.3 is 6.03 Å². The fourth-order valence-electron chi connectivity index (χ4n) is 3.01. The highest BCUT2D eigenvalue weighted by Crippen LogP contribution is 2.25. The molecule has 0 saturated heterocycles. The van der Waals surface area contributed by atoms with Gasteiger partial charge in [-0.05, 0) is 31.4 Å². The number of hydrogen-bond donors (Lipinski definition) is 1. The van der Waals surface area contributed by atoms with Gasteiger partial charge in [0, 0.05) is 18.8 Å². The molecule has 0 aromatic heterocycles. The minimum absolute atomic E-state index is 0.0227. The van der Waals surface area contributed by atoms with Crippen LogP contribution in [0.1, 0.15) is 45.4 Å². The third-order valence-electron chi connectivity index (χ3n) is 4.18. The van der Waals surface area contributed by atoms with Crippen LogP contribution in [0.25, 0.3) is 0 Å². The predicted octanol–water partition coefficient (Wildman–Crippen LogP) is 4.19. The lowest BCUT2D eigenvalue weighted by Crippen LogP contribution is -2.40. The molecule has 2 amide bonds. The van der Waals surface area contributed by atoms with E-state index in [2.05, 4.69) is 5.32 Å². The van der Waals surface area contributed by atoms with Crippen LogP contribution in [0.2, 0.25) is 0 Å². The number of carbonyl (C=O) groups is 1. The molecule has 0 radical (unpaired) electrons. The number of carbonyl (C=O) groups excluding carboxylic acids is 1. The van der Waals surface area contributed by atoms with E-state index >= 15 is 0 Å². The van der Waals surface area contributed by atoms with Crippen LogP contribution in [-0.4, -0.2) is 19.1 Å². The second-order valence-electron chi connectivity index (χ2n) is 5.60. The smallest absolute Gasteiger partial charge is 0.321 e. The first kappa shape index (κ1) is 14.9. The van der Waals surface area contributed by atoms with E-state index in [-0.39, 0.29) is 6.03 Å². The molecule has 1 aliphatic rings. The summed E-state index contributed by atoms with van der Waals surface area (Å²) in [7, 11) is 0. The maximum absolute atomic E-state index is 12.2. The topological polar surface area (TPSA) is 32.3 Å². The molecule has 1 aromatic rings. The molecule has 1 N–H and O–H groups in total. The SMILES string of the molecule is CCN(C(=O)NCCC1CCCCC1)c1ccccc1. The molecule has 0 heterocycles. The van der Waals surface area contributed by atoms with E-state index in [1.165, 1.54) is 32.1 Å². The number of para-hydroxylation sites is 1. The van der Waals surface area contributed by atoms with Crippen molar-refractivity contribution in [3.63, 3.8) is 0 Å². The van der Waals surface area contributed by atoms with E-state index in [4.69, 9.17) is 0 Å². The van der Waals surface area contributed by atoms with Crippen LogP contribution in [0.15, 0.2) is 30.3 Å². The molecule has 0 spiro atoms. The van der Waals surface area contributed by atoms with Crippen LogP contribution in [-0.2, 0) is 0 Å². The van der Waals surface area contributed by atoms with E-state index in [1.54, 1.807) is 4.90 Å². The summed E-state index contributed by atoms with van der Waals surface area (Å²) < 4.78 is 0. The van der Waals surface area contributed by atoms with Crippen LogP contribution in [0.5, 0.6) is 0 Å². The monoisotopic (exact) mass is 274 g/mol. The van der Waals surface area contributed by atoms with Crippen LogP contribution in [0.3, 0.4) is 0 Å². The zero-order chi connectivity index (χ0) is 14.2. The van der Waals surface area contributed by atoms with Crippen molar-refractivity contribution in [2.75, 3.05) is 18.0 Å². The number of amides is 2. The molecule has 0 unspecified atom stereocenters. The zero-order valence-corrected chi connectivity index (χ0v) is 12.5. The van der Waals surface area contributed by atoms with Gasteiger partial charge in [0.15, 0.2) is 0 Å². The van der Waals surface area contributed by atoms with E-state index < -0.39 is 0 Å². The third-order valence-corrected chi connectivity index (χ3v) is 4.18. The van der Waals surface area contributed by atoms with Gasteiger partial charge in [-0.3, -0.25) is 4.90 Å². The standard InChI is InChI=1S/C17H26N2O/c1-2-19(16-11-7-4-8-12-16)17(20)18-14-13-15-9-5-3-6-10-15/h4,7-8,11-12,15H,2-3,5-6,9-10,13-14H2,1H3,(H,18,20). The Morgan fingerprint density at radius 1 is 1.20 bits per heavy atom. The summed E-state index contributed by atoms with van der Waals surface area (Å²) in [4.78, 5) is 14.0. The normalized spacial score (nSPS) is 15.8. The highest BCUT2D eigenvalue weighted by atomic mass is 16.2. The largest absolute Gasteiger partial charge is 0.338 e. The predicted molar refractivity (Wildman–Crippen MR) is 84.1 cm³/mol. The van der Waals surface area contributed by atoms with Crippen molar-refractivity contribution in [3.8, 4) is 0 Å². The number of nitrogens with one attached hydrogen (secondary N) is 1. The highest BCUT2D eigenvalue weighted by molar-refractivity contribution is 5.91. The van der Waals surface area contributed by atoms with Crippen molar-refractivity contribution in [1.82, 2.24) is 5.32 Å². The van der Waals surface area contributed by atoms with Gasteiger partial charge in [0.25, 0.3) is 0 Å². The number of rotatable bonds is 5. The Kier molecular flexibility index (Phi) is 5.90. The maximum Gasteiger partial charge on any atom is 0.321 e. The fourth-order valence-corrected chi connectivity index (χ4v) is 3.01. The van der Waals surface area contributed by atoms with Crippen molar-refractivity contribution in [2.45, 2.75) is 45.4 Å². The first-order valence-corrected chi connectivity index (χ1v) is 7.91. The average molecular weight is 274 g/mol. The van der Waals surface area contributed by atoms with Gasteiger partial charge in [-0.15, -0.1) is 0 Å². The Balaban J connectivity index is 1.78. The Bertz CT molecular complexity index is 399. The van der Waals surface area contributed by atoms with Gasteiger partial charge in [0.2, 0.25) is 0 Å². The van der Waals surface area contributed by atoms with E-state index in [9.17, 15) is 4.79 Å². The molecule has 1 aromatic carbocycles. The number of hydrogen-bond acceptors (Lipinski definition) is 1. The number of urea groups is 1. The van der Waals surface area contributed by atoms with Crippen LogP contribution >= 0.6 is 0 Å². The molecule has 0 atom stereocenters. The highest BCUT2D eigenvalue weighted by Gasteiger charge is 2.15. The Labute approximate surface area is 122 Å². The van der Waals surface area contributed by atoms with Crippen LogP contribution in [0, 0.1) is 5.92 Å². The van der Waals surface area contributed by atoms with E-state index in [1.807, 2.05) is 37.3 Å². The molecule has 1 aliphatic carbocycles. The van der Waals surface area contributed by atoms with E-state index in [0.29, 0.717) is 6.54 Å². The quantitative estimate of drug-likeness (QED) is 0.857. The maximum atomic E-state index is 12.2. The molecule has 1 fully saturated rings. The summed E-state index contributed by atoms with van der Waals surface area (Å²) in [5, 5.41) is 3.07. The van der Waals surface area contributed by atoms with Crippen LogP contribution in [0.4, 0.5) is 10.5 Å². The van der Waals surface area contributed by atoms with Gasteiger partial charge in [0.05, 0.1) is 0 Å². The van der Waals surface area contributed by atoms with Crippen molar-refractivity contribution >= 4 is 11.7 Å². The lowest BCUT2D eigenvalue weighted by atomic mass is 9.87. The number of anilines is 1. The molecule has 0 bridgehead atoms. The summed E-state index contributed by atoms with van der Waals surface area (Å²) in [6.07, 6.45) is 7.92. The van der Waals surface area contributed by atoms with E-state index in [0.717, 1.165) is 24.6 Å². The molecule has 110 valence electrons. The third kappa shape index (κ3) is 4.26. The molecule has 1 saturated carbocycles. The van der Waals surface area contributed by atoms with Gasteiger partial charge in [0.1, 0.15) is 0 Å².